The Morgan fingerprint density at radius 1 is 1.42 bits per heavy atom. The molecule has 19 heavy (non-hydrogen) atoms. The number of halogens is 1. The highest BCUT2D eigenvalue weighted by atomic mass is 79.9. The van der Waals surface area contributed by atoms with Gasteiger partial charge in [0.1, 0.15) is 4.90 Å². The molecule has 0 radical (unpaired) electrons. The highest BCUT2D eigenvalue weighted by molar-refractivity contribution is 9.10. The van der Waals surface area contributed by atoms with Gasteiger partial charge >= 0.3 is 0 Å². The van der Waals surface area contributed by atoms with Crippen LogP contribution in [0.3, 0.4) is 0 Å². The second-order valence-corrected chi connectivity index (χ2v) is 7.17. The van der Waals surface area contributed by atoms with E-state index in [4.69, 9.17) is 10.5 Å². The Morgan fingerprint density at radius 2 is 2.21 bits per heavy atom. The van der Waals surface area contributed by atoms with Gasteiger partial charge in [-0.25, -0.2) is 13.1 Å². The second kappa shape index (κ2) is 6.21. The summed E-state index contributed by atoms with van der Waals surface area (Å²) in [7, 11) is -3.58. The van der Waals surface area contributed by atoms with Gasteiger partial charge in [0.05, 0.1) is 11.8 Å². The summed E-state index contributed by atoms with van der Waals surface area (Å²) in [6.07, 6.45) is 2.97. The van der Waals surface area contributed by atoms with Crippen LogP contribution in [-0.4, -0.2) is 27.7 Å². The van der Waals surface area contributed by atoms with Gasteiger partial charge in [0.15, 0.2) is 0 Å². The number of ether oxygens (including phenoxy) is 1. The number of nitrogen functional groups attached to an aromatic ring is 1. The molecule has 7 heteroatoms. The van der Waals surface area contributed by atoms with E-state index >= 15 is 0 Å². The summed E-state index contributed by atoms with van der Waals surface area (Å²) >= 11 is 3.25. The van der Waals surface area contributed by atoms with Gasteiger partial charge in [0.2, 0.25) is 10.0 Å². The van der Waals surface area contributed by atoms with Crippen molar-refractivity contribution in [2.75, 3.05) is 18.9 Å². The SMILES string of the molecule is Nc1cc(Br)ccc1S(=O)(=O)NCC1CCCCO1. The van der Waals surface area contributed by atoms with Crippen molar-refractivity contribution in [3.05, 3.63) is 22.7 Å². The van der Waals surface area contributed by atoms with E-state index < -0.39 is 10.0 Å². The van der Waals surface area contributed by atoms with Gasteiger partial charge in [-0.3, -0.25) is 0 Å². The average molecular weight is 349 g/mol. The summed E-state index contributed by atoms with van der Waals surface area (Å²) in [5.41, 5.74) is 5.96. The summed E-state index contributed by atoms with van der Waals surface area (Å²) < 4.78 is 33.1. The van der Waals surface area contributed by atoms with E-state index in [9.17, 15) is 8.42 Å². The molecule has 1 unspecified atom stereocenters. The first-order chi connectivity index (χ1) is 8.99. The predicted molar refractivity (Wildman–Crippen MR) is 77.3 cm³/mol. The first-order valence-corrected chi connectivity index (χ1v) is 8.43. The van der Waals surface area contributed by atoms with E-state index in [1.54, 1.807) is 12.1 Å². The van der Waals surface area contributed by atoms with Gasteiger partial charge in [-0.1, -0.05) is 15.9 Å². The Labute approximate surface area is 121 Å². The van der Waals surface area contributed by atoms with Crippen LogP contribution in [0.15, 0.2) is 27.6 Å². The molecule has 0 aromatic heterocycles. The highest BCUT2D eigenvalue weighted by Crippen LogP contribution is 2.22. The van der Waals surface area contributed by atoms with Crippen LogP contribution in [0.4, 0.5) is 5.69 Å². The molecule has 1 aliphatic heterocycles. The minimum absolute atomic E-state index is 0.0415. The minimum Gasteiger partial charge on any atom is -0.398 e. The van der Waals surface area contributed by atoms with Gasteiger partial charge in [-0.2, -0.15) is 0 Å². The third-order valence-corrected chi connectivity index (χ3v) is 5.03. The van der Waals surface area contributed by atoms with Crippen LogP contribution < -0.4 is 10.5 Å². The van der Waals surface area contributed by atoms with Crippen molar-refractivity contribution in [3.8, 4) is 0 Å². The number of nitrogens with one attached hydrogen (secondary N) is 1. The number of benzene rings is 1. The maximum atomic E-state index is 12.1. The molecule has 0 saturated carbocycles. The van der Waals surface area contributed by atoms with Gasteiger partial charge in [-0.15, -0.1) is 0 Å². The molecule has 0 amide bonds. The Hall–Kier alpha value is -0.630. The molecule has 0 aliphatic carbocycles. The van der Waals surface area contributed by atoms with E-state index in [0.717, 1.165) is 23.7 Å². The van der Waals surface area contributed by atoms with Crippen LogP contribution in [-0.2, 0) is 14.8 Å². The fraction of sp³-hybridized carbons (Fsp3) is 0.500. The first kappa shape index (κ1) is 14.8. The highest BCUT2D eigenvalue weighted by Gasteiger charge is 2.21. The lowest BCUT2D eigenvalue weighted by Crippen LogP contribution is -2.35. The van der Waals surface area contributed by atoms with Crippen molar-refractivity contribution in [2.24, 2.45) is 0 Å². The van der Waals surface area contributed by atoms with Crippen LogP contribution in [0.25, 0.3) is 0 Å². The molecule has 2 rings (SSSR count). The van der Waals surface area contributed by atoms with E-state index in [1.165, 1.54) is 6.07 Å². The fourth-order valence-corrected chi connectivity index (χ4v) is 3.57. The van der Waals surface area contributed by atoms with Gasteiger partial charge in [-0.05, 0) is 37.5 Å². The van der Waals surface area contributed by atoms with Crippen molar-refractivity contribution in [1.82, 2.24) is 4.72 Å². The molecular formula is C12H17BrN2O3S. The van der Waals surface area contributed by atoms with Crippen molar-refractivity contribution < 1.29 is 13.2 Å². The van der Waals surface area contributed by atoms with Crippen LogP contribution in [0, 0.1) is 0 Å². The van der Waals surface area contributed by atoms with Crippen LogP contribution in [0.1, 0.15) is 19.3 Å². The Bertz CT molecular complexity index is 542. The Kier molecular flexibility index (Phi) is 4.83. The molecule has 5 nitrogen and oxygen atoms in total. The smallest absolute Gasteiger partial charge is 0.242 e. The number of rotatable bonds is 4. The van der Waals surface area contributed by atoms with Crippen molar-refractivity contribution in [2.45, 2.75) is 30.3 Å². The third kappa shape index (κ3) is 3.92. The zero-order valence-electron chi connectivity index (χ0n) is 10.4. The third-order valence-electron chi connectivity index (χ3n) is 3.04. The number of nitrogens with two attached hydrogens (primary N) is 1. The molecular weight excluding hydrogens is 332 g/mol. The lowest BCUT2D eigenvalue weighted by atomic mass is 10.1. The van der Waals surface area contributed by atoms with E-state index in [2.05, 4.69) is 20.7 Å². The first-order valence-electron chi connectivity index (χ1n) is 6.15. The lowest BCUT2D eigenvalue weighted by molar-refractivity contribution is 0.0200. The van der Waals surface area contributed by atoms with Crippen molar-refractivity contribution in [1.29, 1.82) is 0 Å². The summed E-state index contributed by atoms with van der Waals surface area (Å²) in [6.45, 7) is 0.991. The van der Waals surface area contributed by atoms with Gasteiger partial charge < -0.3 is 10.5 Å². The second-order valence-electron chi connectivity index (χ2n) is 4.52. The van der Waals surface area contributed by atoms with Gasteiger partial charge in [0, 0.05) is 17.6 Å². The van der Waals surface area contributed by atoms with Gasteiger partial charge in [0.25, 0.3) is 0 Å². The summed E-state index contributed by atoms with van der Waals surface area (Å²) in [5.74, 6) is 0. The van der Waals surface area contributed by atoms with E-state index in [0.29, 0.717) is 6.61 Å². The van der Waals surface area contributed by atoms with Crippen LogP contribution in [0.2, 0.25) is 0 Å². The number of hydrogen-bond acceptors (Lipinski definition) is 4. The topological polar surface area (TPSA) is 81.4 Å². The average Bonchev–Trinajstić information content (AvgIpc) is 2.37. The predicted octanol–water partition coefficient (Wildman–Crippen LogP) is 1.88. The maximum Gasteiger partial charge on any atom is 0.242 e. The van der Waals surface area contributed by atoms with Crippen LogP contribution in [0.5, 0.6) is 0 Å². The molecule has 0 spiro atoms. The lowest BCUT2D eigenvalue weighted by Gasteiger charge is -2.22. The molecule has 3 N–H and O–H groups in total. The number of hydrogen-bond donors (Lipinski definition) is 2. The maximum absolute atomic E-state index is 12.1. The molecule has 1 aliphatic rings. The monoisotopic (exact) mass is 348 g/mol. The number of sulfonamides is 1. The largest absolute Gasteiger partial charge is 0.398 e. The normalized spacial score (nSPS) is 20.4. The minimum atomic E-state index is -3.58. The Balaban J connectivity index is 2.05. The molecule has 0 bridgehead atoms. The summed E-state index contributed by atoms with van der Waals surface area (Å²) in [6, 6.07) is 4.72. The molecule has 1 aromatic rings. The van der Waals surface area contributed by atoms with E-state index in [-0.39, 0.29) is 23.2 Å². The number of anilines is 1. The fourth-order valence-electron chi connectivity index (χ4n) is 2.01. The molecule has 106 valence electrons. The molecule has 1 atom stereocenters. The molecule has 1 heterocycles. The van der Waals surface area contributed by atoms with Crippen LogP contribution >= 0.6 is 15.9 Å². The molecule has 1 fully saturated rings. The summed E-state index contributed by atoms with van der Waals surface area (Å²) in [5, 5.41) is 0. The van der Waals surface area contributed by atoms with Crippen molar-refractivity contribution in [3.63, 3.8) is 0 Å². The summed E-state index contributed by atoms with van der Waals surface area (Å²) in [4.78, 5) is 0.103. The van der Waals surface area contributed by atoms with Crippen molar-refractivity contribution >= 4 is 31.6 Å². The molecule has 1 saturated heterocycles. The zero-order valence-corrected chi connectivity index (χ0v) is 12.8. The van der Waals surface area contributed by atoms with E-state index in [1.807, 2.05) is 0 Å². The molecule has 1 aromatic carbocycles. The standard InChI is InChI=1S/C12H17BrN2O3S/c13-9-4-5-12(11(14)7-9)19(16,17)15-8-10-3-1-2-6-18-10/h4-5,7,10,15H,1-3,6,8,14H2. The zero-order chi connectivity index (χ0) is 13.9. The Morgan fingerprint density at radius 3 is 2.84 bits per heavy atom. The quantitative estimate of drug-likeness (QED) is 0.814.